The summed E-state index contributed by atoms with van der Waals surface area (Å²) in [5, 5.41) is 9.75. The standard InChI is InChI=1S/C19H19BrN4O2/c1-11(2)17-16(20)18(24-23-17)19(25)22-13-6-9-15(21-10-13)26-14-7-4-12(3)5-8-14/h4-11H,1-3H3,(H,22,25)(H,23,24). The van der Waals surface area contributed by atoms with Crippen molar-refractivity contribution in [3.05, 3.63) is 64.0 Å². The van der Waals surface area contributed by atoms with E-state index in [1.54, 1.807) is 18.3 Å². The van der Waals surface area contributed by atoms with Gasteiger partial charge in [-0.1, -0.05) is 31.5 Å². The first-order chi connectivity index (χ1) is 12.4. The summed E-state index contributed by atoms with van der Waals surface area (Å²) >= 11 is 3.43. The van der Waals surface area contributed by atoms with Gasteiger partial charge in [-0.3, -0.25) is 9.89 Å². The highest BCUT2D eigenvalue weighted by atomic mass is 79.9. The third-order valence-electron chi connectivity index (χ3n) is 3.76. The van der Waals surface area contributed by atoms with Gasteiger partial charge < -0.3 is 10.1 Å². The van der Waals surface area contributed by atoms with Crippen LogP contribution in [0.3, 0.4) is 0 Å². The number of anilines is 1. The molecule has 0 saturated heterocycles. The van der Waals surface area contributed by atoms with Gasteiger partial charge in [0.1, 0.15) is 5.75 Å². The van der Waals surface area contributed by atoms with E-state index >= 15 is 0 Å². The van der Waals surface area contributed by atoms with Gasteiger partial charge in [-0.15, -0.1) is 0 Å². The van der Waals surface area contributed by atoms with E-state index in [1.807, 2.05) is 45.0 Å². The maximum absolute atomic E-state index is 12.4. The molecule has 1 amide bonds. The van der Waals surface area contributed by atoms with Gasteiger partial charge in [0.05, 0.1) is 22.1 Å². The predicted molar refractivity (Wildman–Crippen MR) is 104 cm³/mol. The minimum absolute atomic E-state index is 0.235. The monoisotopic (exact) mass is 414 g/mol. The molecule has 0 aliphatic carbocycles. The molecule has 0 bridgehead atoms. The fourth-order valence-corrected chi connectivity index (χ4v) is 3.12. The second-order valence-corrected chi connectivity index (χ2v) is 7.00. The molecule has 0 atom stereocenters. The molecule has 0 fully saturated rings. The van der Waals surface area contributed by atoms with Crippen LogP contribution in [-0.4, -0.2) is 21.1 Å². The summed E-state index contributed by atoms with van der Waals surface area (Å²) in [4.78, 5) is 16.6. The Kier molecular flexibility index (Phi) is 5.37. The van der Waals surface area contributed by atoms with Crippen molar-refractivity contribution in [2.75, 3.05) is 5.32 Å². The minimum atomic E-state index is -0.311. The maximum atomic E-state index is 12.4. The molecule has 2 aromatic heterocycles. The molecule has 0 spiro atoms. The lowest BCUT2D eigenvalue weighted by Crippen LogP contribution is -2.13. The molecule has 3 rings (SSSR count). The number of benzene rings is 1. The third-order valence-corrected chi connectivity index (χ3v) is 4.57. The van der Waals surface area contributed by atoms with E-state index in [1.165, 1.54) is 0 Å². The minimum Gasteiger partial charge on any atom is -0.439 e. The van der Waals surface area contributed by atoms with E-state index in [-0.39, 0.29) is 11.8 Å². The lowest BCUT2D eigenvalue weighted by Gasteiger charge is -2.07. The number of ether oxygens (including phenoxy) is 1. The molecule has 134 valence electrons. The van der Waals surface area contributed by atoms with Gasteiger partial charge in [-0.25, -0.2) is 4.98 Å². The molecule has 0 aliphatic heterocycles. The van der Waals surface area contributed by atoms with Crippen molar-refractivity contribution in [2.24, 2.45) is 0 Å². The van der Waals surface area contributed by atoms with Crippen molar-refractivity contribution < 1.29 is 9.53 Å². The van der Waals surface area contributed by atoms with Gasteiger partial charge in [0.15, 0.2) is 5.69 Å². The highest BCUT2D eigenvalue weighted by molar-refractivity contribution is 9.10. The van der Waals surface area contributed by atoms with Crippen LogP contribution in [0.15, 0.2) is 47.1 Å². The number of halogens is 1. The molecule has 7 heteroatoms. The number of hydrogen-bond acceptors (Lipinski definition) is 4. The average Bonchev–Trinajstić information content (AvgIpc) is 3.00. The number of nitrogens with one attached hydrogen (secondary N) is 2. The Bertz CT molecular complexity index is 902. The summed E-state index contributed by atoms with van der Waals surface area (Å²) in [6, 6.07) is 11.1. The lowest BCUT2D eigenvalue weighted by molar-refractivity contribution is 0.102. The number of carbonyl (C=O) groups excluding carboxylic acids is 1. The summed E-state index contributed by atoms with van der Waals surface area (Å²) in [5.74, 6) is 1.09. The molecule has 0 unspecified atom stereocenters. The Morgan fingerprint density at radius 1 is 1.19 bits per heavy atom. The van der Waals surface area contributed by atoms with Crippen LogP contribution in [0.25, 0.3) is 0 Å². The number of aromatic amines is 1. The van der Waals surface area contributed by atoms with Crippen LogP contribution in [0, 0.1) is 6.92 Å². The van der Waals surface area contributed by atoms with Crippen LogP contribution in [0.4, 0.5) is 5.69 Å². The van der Waals surface area contributed by atoms with Crippen LogP contribution >= 0.6 is 15.9 Å². The molecular weight excluding hydrogens is 396 g/mol. The maximum Gasteiger partial charge on any atom is 0.277 e. The molecule has 2 N–H and O–H groups in total. The Hall–Kier alpha value is -2.67. The summed E-state index contributed by atoms with van der Waals surface area (Å²) < 4.78 is 6.36. The first-order valence-electron chi connectivity index (χ1n) is 8.19. The zero-order chi connectivity index (χ0) is 18.7. The van der Waals surface area contributed by atoms with E-state index in [0.29, 0.717) is 27.5 Å². The normalized spacial score (nSPS) is 10.8. The first kappa shape index (κ1) is 18.1. The zero-order valence-corrected chi connectivity index (χ0v) is 16.3. The SMILES string of the molecule is Cc1ccc(Oc2ccc(NC(=O)c3n[nH]c(C(C)C)c3Br)cn2)cc1. The van der Waals surface area contributed by atoms with E-state index in [9.17, 15) is 4.79 Å². The molecule has 1 aromatic carbocycles. The highest BCUT2D eigenvalue weighted by Crippen LogP contribution is 2.26. The zero-order valence-electron chi connectivity index (χ0n) is 14.7. The fraction of sp³-hybridized carbons (Fsp3) is 0.211. The summed E-state index contributed by atoms with van der Waals surface area (Å²) in [5.41, 5.74) is 2.92. The average molecular weight is 415 g/mol. The Morgan fingerprint density at radius 2 is 1.92 bits per heavy atom. The van der Waals surface area contributed by atoms with Crippen LogP contribution in [0.1, 0.15) is 41.5 Å². The number of rotatable bonds is 5. The molecule has 0 radical (unpaired) electrons. The smallest absolute Gasteiger partial charge is 0.277 e. The lowest BCUT2D eigenvalue weighted by atomic mass is 10.1. The largest absolute Gasteiger partial charge is 0.439 e. The summed E-state index contributed by atoms with van der Waals surface area (Å²) in [7, 11) is 0. The quantitative estimate of drug-likeness (QED) is 0.612. The molecule has 2 heterocycles. The van der Waals surface area contributed by atoms with Crippen molar-refractivity contribution in [3.63, 3.8) is 0 Å². The number of hydrogen-bond donors (Lipinski definition) is 2. The van der Waals surface area contributed by atoms with Crippen molar-refractivity contribution in [3.8, 4) is 11.6 Å². The highest BCUT2D eigenvalue weighted by Gasteiger charge is 2.19. The Labute approximate surface area is 160 Å². The number of amides is 1. The van der Waals surface area contributed by atoms with Crippen LogP contribution < -0.4 is 10.1 Å². The molecule has 3 aromatic rings. The van der Waals surface area contributed by atoms with Crippen LogP contribution in [0.2, 0.25) is 0 Å². The van der Waals surface area contributed by atoms with E-state index in [0.717, 1.165) is 11.3 Å². The van der Waals surface area contributed by atoms with Crippen molar-refractivity contribution >= 4 is 27.5 Å². The second kappa shape index (κ2) is 7.70. The topological polar surface area (TPSA) is 79.9 Å². The van der Waals surface area contributed by atoms with Gasteiger partial charge in [-0.2, -0.15) is 5.10 Å². The van der Waals surface area contributed by atoms with Crippen LogP contribution in [0.5, 0.6) is 11.6 Å². The first-order valence-corrected chi connectivity index (χ1v) is 8.99. The van der Waals surface area contributed by atoms with E-state index in [2.05, 4.69) is 36.4 Å². The van der Waals surface area contributed by atoms with Crippen molar-refractivity contribution in [1.82, 2.24) is 15.2 Å². The summed E-state index contributed by atoms with van der Waals surface area (Å²) in [6.45, 7) is 6.06. The molecule has 26 heavy (non-hydrogen) atoms. The van der Waals surface area contributed by atoms with Gasteiger partial charge in [0.25, 0.3) is 5.91 Å². The van der Waals surface area contributed by atoms with E-state index in [4.69, 9.17) is 4.74 Å². The van der Waals surface area contributed by atoms with Crippen molar-refractivity contribution in [1.29, 1.82) is 0 Å². The number of aromatic nitrogens is 3. The van der Waals surface area contributed by atoms with Gasteiger partial charge in [0, 0.05) is 6.07 Å². The number of carbonyl (C=O) groups is 1. The Balaban J connectivity index is 1.67. The van der Waals surface area contributed by atoms with E-state index < -0.39 is 0 Å². The number of aryl methyl sites for hydroxylation is 1. The molecule has 0 aliphatic rings. The number of nitrogens with zero attached hydrogens (tertiary/aromatic N) is 2. The summed E-state index contributed by atoms with van der Waals surface area (Å²) in [6.07, 6.45) is 1.55. The van der Waals surface area contributed by atoms with Gasteiger partial charge >= 0.3 is 0 Å². The Morgan fingerprint density at radius 3 is 2.50 bits per heavy atom. The molecule has 6 nitrogen and oxygen atoms in total. The van der Waals surface area contributed by atoms with Gasteiger partial charge in [-0.05, 0) is 47.0 Å². The molecular formula is C19H19BrN4O2. The second-order valence-electron chi connectivity index (χ2n) is 6.21. The van der Waals surface area contributed by atoms with Crippen molar-refractivity contribution in [2.45, 2.75) is 26.7 Å². The number of pyridine rings is 1. The molecule has 0 saturated carbocycles. The van der Waals surface area contributed by atoms with Gasteiger partial charge in [0.2, 0.25) is 5.88 Å². The predicted octanol–water partition coefficient (Wildman–Crippen LogP) is 5.04. The number of H-pyrrole nitrogens is 1. The third kappa shape index (κ3) is 4.11. The fourth-order valence-electron chi connectivity index (χ4n) is 2.31. The van der Waals surface area contributed by atoms with Crippen LogP contribution in [-0.2, 0) is 0 Å².